The molecule has 2 amide bonds. The van der Waals surface area contributed by atoms with Crippen molar-refractivity contribution >= 4 is 35.6 Å². The number of nitrogens with one attached hydrogen (secondary N) is 1. The van der Waals surface area contributed by atoms with E-state index in [2.05, 4.69) is 10.3 Å². The van der Waals surface area contributed by atoms with E-state index in [4.69, 9.17) is 36.6 Å². The van der Waals surface area contributed by atoms with Gasteiger partial charge in [0, 0.05) is 85.6 Å². The summed E-state index contributed by atoms with van der Waals surface area (Å²) in [5.74, 6) is -4.56. The van der Waals surface area contributed by atoms with Crippen LogP contribution in [0.2, 0.25) is 0 Å². The maximum Gasteiger partial charge on any atom is 0.418 e. The number of ketones is 3. The van der Waals surface area contributed by atoms with Crippen LogP contribution in [0.5, 0.6) is 11.5 Å². The van der Waals surface area contributed by atoms with Crippen LogP contribution in [0.1, 0.15) is 104 Å². The minimum absolute atomic E-state index is 0.0287. The largest absolute Gasteiger partial charge is 0.492 e. The Hall–Kier alpha value is -7.01. The van der Waals surface area contributed by atoms with Crippen LogP contribution in [0.3, 0.4) is 0 Å². The van der Waals surface area contributed by atoms with Crippen molar-refractivity contribution in [3.8, 4) is 40.0 Å². The first-order chi connectivity index (χ1) is 34.0. The Morgan fingerprint density at radius 3 is 2.08 bits per heavy atom. The number of carboxylic acid groups (broad SMARTS) is 1. The van der Waals surface area contributed by atoms with Crippen LogP contribution >= 0.6 is 0 Å². The van der Waals surface area contributed by atoms with E-state index >= 15 is 0 Å². The third kappa shape index (κ3) is 14.8. The first kappa shape index (κ1) is 57.6. The Kier molecular flexibility index (Phi) is 20.7. The minimum Gasteiger partial charge on any atom is -0.492 e. The summed E-state index contributed by atoms with van der Waals surface area (Å²) in [4.78, 5) is 84.8. The third-order valence-corrected chi connectivity index (χ3v) is 12.2. The molecule has 0 spiro atoms. The molecule has 8 N–H and O–H groups in total. The third-order valence-electron chi connectivity index (χ3n) is 12.2. The van der Waals surface area contributed by atoms with Gasteiger partial charge < -0.3 is 42.0 Å². The van der Waals surface area contributed by atoms with Crippen LogP contribution in [-0.2, 0) is 42.0 Å². The van der Waals surface area contributed by atoms with Crippen LogP contribution in [0.4, 0.5) is 13.2 Å². The van der Waals surface area contributed by atoms with Gasteiger partial charge in [-0.1, -0.05) is 64.1 Å². The summed E-state index contributed by atoms with van der Waals surface area (Å²) >= 11 is 0. The van der Waals surface area contributed by atoms with Gasteiger partial charge in [0.05, 0.1) is 23.4 Å². The number of carbonyl (C=O) groups is 6. The summed E-state index contributed by atoms with van der Waals surface area (Å²) in [7, 11) is 1.37. The second-order valence-electron chi connectivity index (χ2n) is 18.5. The second-order valence-corrected chi connectivity index (χ2v) is 18.5. The molecule has 0 saturated carbocycles. The number of fused-ring (bicyclic) bond motifs is 5. The molecule has 0 saturated heterocycles. The van der Waals surface area contributed by atoms with Gasteiger partial charge in [0.25, 0.3) is 6.47 Å². The van der Waals surface area contributed by atoms with Crippen molar-refractivity contribution in [2.45, 2.75) is 96.8 Å². The van der Waals surface area contributed by atoms with Gasteiger partial charge in [-0.3, -0.25) is 33.8 Å². The quantitative estimate of drug-likeness (QED) is 0.0547. The normalized spacial score (nSPS) is 16.4. The Balaban J connectivity index is 0.00000365. The van der Waals surface area contributed by atoms with E-state index in [1.54, 1.807) is 60.7 Å². The molecule has 4 bridgehead atoms. The van der Waals surface area contributed by atoms with Crippen molar-refractivity contribution in [2.75, 3.05) is 39.9 Å². The highest BCUT2D eigenvalue weighted by Crippen LogP contribution is 2.42. The molecule has 2 heterocycles. The van der Waals surface area contributed by atoms with E-state index in [1.165, 1.54) is 25.8 Å². The number of likely N-dealkylation sites (N-methyl/N-ethyl adjacent to an activating group) is 1. The van der Waals surface area contributed by atoms with E-state index in [1.807, 2.05) is 26.8 Å². The van der Waals surface area contributed by atoms with Crippen molar-refractivity contribution in [3.63, 3.8) is 0 Å². The van der Waals surface area contributed by atoms with Crippen molar-refractivity contribution in [2.24, 2.45) is 29.0 Å². The summed E-state index contributed by atoms with van der Waals surface area (Å²) in [5, 5.41) is 18.9. The Bertz CT molecular complexity index is 2630. The predicted molar refractivity (Wildman–Crippen MR) is 264 cm³/mol. The molecular weight excluding hydrogens is 936 g/mol. The molecule has 4 aromatic rings. The van der Waals surface area contributed by atoms with Crippen LogP contribution in [-0.4, -0.2) is 96.6 Å². The molecule has 386 valence electrons. The fourth-order valence-electron chi connectivity index (χ4n) is 8.43. The zero-order chi connectivity index (χ0) is 53.5. The van der Waals surface area contributed by atoms with Gasteiger partial charge in [-0.2, -0.15) is 18.4 Å². The standard InChI is InChI=1S/C52H62F3N7O7.CH2O2/c1-30-24-44(65)48(34-12-16-46(69-23-21-59)39(27-34)38-25-32(9-15-45(38)68-22-20-58)26-41(61-49(30)66)42(63)8-7-18-56)62(6)50(67)35(17-19-57)28-43(64)37-29-40(52(53,54)55)47(60-31(37)2)33-10-13-36(14-11-33)51(3,4)5;2-1-3/h9-16,25,27,29-30,35,41,48H,7-8,17,19-24,26,28,57-59H2,1-6H3,(H,61,66);1H,(H,2,3)/t30-,35-,41+,48+;/m1./s1. The average molecular weight is 1000 g/mol. The number of nitrogens with two attached hydrogens (primary N) is 3. The highest BCUT2D eigenvalue weighted by molar-refractivity contribution is 6.01. The first-order valence-electron chi connectivity index (χ1n) is 23.5. The van der Waals surface area contributed by atoms with Gasteiger partial charge in [-0.05, 0) is 78.7 Å². The van der Waals surface area contributed by atoms with Gasteiger partial charge in [0.1, 0.15) is 30.8 Å². The monoisotopic (exact) mass is 999 g/mol. The number of hydrogen-bond acceptors (Lipinski definition) is 13. The maximum atomic E-state index is 14.8. The lowest BCUT2D eigenvalue weighted by Crippen LogP contribution is -2.46. The molecule has 3 aromatic carbocycles. The zero-order valence-electron chi connectivity index (χ0n) is 41.4. The molecule has 0 aliphatic carbocycles. The van der Waals surface area contributed by atoms with Gasteiger partial charge in [-0.15, -0.1) is 0 Å². The minimum atomic E-state index is -4.89. The van der Waals surface area contributed by atoms with E-state index in [0.717, 1.165) is 11.6 Å². The molecule has 4 atom stereocenters. The molecule has 19 heteroatoms. The number of aromatic nitrogens is 1. The molecule has 16 nitrogen and oxygen atoms in total. The van der Waals surface area contributed by atoms with E-state index in [-0.39, 0.29) is 98.7 Å². The molecule has 72 heavy (non-hydrogen) atoms. The van der Waals surface area contributed by atoms with Gasteiger partial charge in [0.15, 0.2) is 17.3 Å². The van der Waals surface area contributed by atoms with E-state index < -0.39 is 71.9 Å². The van der Waals surface area contributed by atoms with Gasteiger partial charge >= 0.3 is 6.18 Å². The lowest BCUT2D eigenvalue weighted by atomic mass is 9.86. The number of carbonyl (C=O) groups excluding carboxylic acids is 5. The predicted octanol–water partition coefficient (Wildman–Crippen LogP) is 6.66. The topological polar surface area (TPSA) is 271 Å². The Morgan fingerprint density at radius 2 is 1.53 bits per heavy atom. The summed E-state index contributed by atoms with van der Waals surface area (Å²) in [6.45, 7) is 9.11. The lowest BCUT2D eigenvalue weighted by Gasteiger charge is -2.32. The van der Waals surface area contributed by atoms with Crippen LogP contribution in [0.15, 0.2) is 66.7 Å². The van der Waals surface area contributed by atoms with Crippen molar-refractivity contribution in [1.29, 1.82) is 5.26 Å². The molecule has 1 aromatic heterocycles. The van der Waals surface area contributed by atoms with Crippen LogP contribution in [0, 0.1) is 30.1 Å². The average Bonchev–Trinajstić information content (AvgIpc) is 3.33. The molecule has 1 aliphatic rings. The first-order valence-corrected chi connectivity index (χ1v) is 23.5. The number of ether oxygens (including phenoxy) is 2. The number of Topliss-reactive ketones (excluding diaryl/α,β-unsaturated/α-hetero) is 3. The van der Waals surface area contributed by atoms with Crippen LogP contribution in [0.25, 0.3) is 22.4 Å². The number of amides is 2. The molecule has 0 fully saturated rings. The summed E-state index contributed by atoms with van der Waals surface area (Å²) in [5.41, 5.74) is 18.6. The van der Waals surface area contributed by atoms with E-state index in [0.29, 0.717) is 33.8 Å². The number of alkyl halides is 3. The smallest absolute Gasteiger partial charge is 0.418 e. The highest BCUT2D eigenvalue weighted by atomic mass is 19.4. The van der Waals surface area contributed by atoms with Crippen LogP contribution < -0.4 is 32.0 Å². The summed E-state index contributed by atoms with van der Waals surface area (Å²) in [6, 6.07) is 17.0. The number of benzene rings is 3. The van der Waals surface area contributed by atoms with Gasteiger partial charge in [-0.25, -0.2) is 0 Å². The fourth-order valence-corrected chi connectivity index (χ4v) is 8.43. The number of halogens is 3. The lowest BCUT2D eigenvalue weighted by molar-refractivity contribution is -0.142. The second kappa shape index (κ2) is 25.9. The summed E-state index contributed by atoms with van der Waals surface area (Å²) < 4.78 is 56.5. The number of hydrogen-bond donors (Lipinski definition) is 5. The Labute approximate surface area is 417 Å². The van der Waals surface area contributed by atoms with Crippen molar-refractivity contribution < 1.29 is 56.5 Å². The molecule has 1 aliphatic heterocycles. The number of nitriles is 1. The zero-order valence-corrected chi connectivity index (χ0v) is 41.4. The number of aryl methyl sites for hydroxylation is 1. The fraction of sp³-hybridized carbons (Fsp3) is 0.434. The molecule has 0 unspecified atom stereocenters. The number of pyridine rings is 1. The van der Waals surface area contributed by atoms with Gasteiger partial charge in [0.2, 0.25) is 11.8 Å². The SMILES string of the molecule is Cc1nc(-c2ccc(C(C)(C)C)cc2)c(C(F)(F)F)cc1C(=O)C[C@@H](CCN)C(=O)N(C)[C@@H]1C(=O)C[C@@H](C)C(=O)N[C@H](C(=O)CCC#N)Cc2ccc(OCCN)c(c2)-c2cc1ccc2OCCN.O=CO. The molecule has 5 rings (SSSR count). The van der Waals surface area contributed by atoms with Crippen molar-refractivity contribution in [3.05, 3.63) is 100 Å². The van der Waals surface area contributed by atoms with Crippen molar-refractivity contribution in [1.82, 2.24) is 15.2 Å². The molecule has 0 radical (unpaired) electrons. The number of rotatable bonds is 17. The maximum absolute atomic E-state index is 14.8. The van der Waals surface area contributed by atoms with E-state index in [9.17, 15) is 42.4 Å². The number of nitrogens with zero attached hydrogens (tertiary/aromatic N) is 3. The summed E-state index contributed by atoms with van der Waals surface area (Å²) in [6.07, 6.45) is -6.09. The Morgan fingerprint density at radius 1 is 0.931 bits per heavy atom. The highest BCUT2D eigenvalue weighted by Gasteiger charge is 2.39. The molecular formula is C53H64F3N7O9.